The van der Waals surface area contributed by atoms with Crippen LogP contribution in [-0.4, -0.2) is 17.6 Å². The molecule has 0 aliphatic heterocycles. The second kappa shape index (κ2) is 7.46. The number of carbonyl (C=O) groups is 2. The van der Waals surface area contributed by atoms with Gasteiger partial charge in [-0.25, -0.2) is 4.79 Å². The molecule has 0 aliphatic carbocycles. The summed E-state index contributed by atoms with van der Waals surface area (Å²) in [4.78, 5) is 25.7. The maximum Gasteiger partial charge on any atom is 0.412 e. The summed E-state index contributed by atoms with van der Waals surface area (Å²) >= 11 is 1.34. The van der Waals surface area contributed by atoms with Crippen LogP contribution in [0, 0.1) is 0 Å². The number of rotatable bonds is 4. The van der Waals surface area contributed by atoms with Crippen LogP contribution in [-0.2, 0) is 11.3 Å². The Morgan fingerprint density at radius 2 is 1.71 bits per heavy atom. The van der Waals surface area contributed by atoms with Gasteiger partial charge < -0.3 is 15.8 Å². The Morgan fingerprint density at radius 1 is 1.08 bits per heavy atom. The Hall–Kier alpha value is -2.38. The van der Waals surface area contributed by atoms with Crippen LogP contribution in [0.2, 0.25) is 0 Å². The minimum atomic E-state index is -0.599. The van der Waals surface area contributed by atoms with E-state index in [1.807, 2.05) is 6.07 Å². The van der Waals surface area contributed by atoms with E-state index in [0.29, 0.717) is 22.8 Å². The highest BCUT2D eigenvalue weighted by Crippen LogP contribution is 2.24. The monoisotopic (exact) mass is 347 g/mol. The van der Waals surface area contributed by atoms with Gasteiger partial charge in [-0.05, 0) is 45.0 Å². The van der Waals surface area contributed by atoms with Crippen molar-refractivity contribution in [2.75, 3.05) is 10.6 Å². The lowest BCUT2D eigenvalue weighted by atomic mass is 10.2. The number of carbonyl (C=O) groups excluding carboxylic acids is 2. The van der Waals surface area contributed by atoms with Gasteiger partial charge in [-0.1, -0.05) is 12.1 Å². The van der Waals surface area contributed by atoms with E-state index in [4.69, 9.17) is 10.5 Å². The fraction of sp³-hybridized carbons (Fsp3) is 0.294. The molecule has 0 radical (unpaired) electrons. The molecule has 4 N–H and O–H groups in total. The van der Waals surface area contributed by atoms with Gasteiger partial charge in [0, 0.05) is 11.4 Å². The van der Waals surface area contributed by atoms with Gasteiger partial charge in [-0.3, -0.25) is 10.1 Å². The van der Waals surface area contributed by atoms with Crippen molar-refractivity contribution in [3.05, 3.63) is 46.2 Å². The van der Waals surface area contributed by atoms with E-state index >= 15 is 0 Å². The second-order valence-electron chi connectivity index (χ2n) is 6.10. The van der Waals surface area contributed by atoms with E-state index in [0.717, 1.165) is 4.88 Å². The summed E-state index contributed by atoms with van der Waals surface area (Å²) < 4.78 is 5.23. The predicted molar refractivity (Wildman–Crippen MR) is 96.5 cm³/mol. The maximum atomic E-state index is 12.3. The lowest BCUT2D eigenvalue weighted by Gasteiger charge is -2.20. The molecule has 0 aliphatic rings. The number of hydrogen-bond donors (Lipinski definition) is 3. The number of thiophene rings is 1. The van der Waals surface area contributed by atoms with Crippen molar-refractivity contribution in [2.24, 2.45) is 5.73 Å². The second-order valence-corrected chi connectivity index (χ2v) is 7.27. The molecule has 128 valence electrons. The highest BCUT2D eigenvalue weighted by Gasteiger charge is 2.18. The van der Waals surface area contributed by atoms with Crippen molar-refractivity contribution >= 4 is 34.7 Å². The molecular weight excluding hydrogens is 326 g/mol. The Bertz CT molecular complexity index is 735. The summed E-state index contributed by atoms with van der Waals surface area (Å²) in [6.45, 7) is 5.75. The molecule has 6 nitrogen and oxygen atoms in total. The lowest BCUT2D eigenvalue weighted by Crippen LogP contribution is -2.27. The van der Waals surface area contributed by atoms with Gasteiger partial charge in [0.1, 0.15) is 5.60 Å². The first-order valence-corrected chi connectivity index (χ1v) is 8.29. The summed E-state index contributed by atoms with van der Waals surface area (Å²) in [5.41, 5.74) is 5.93. The normalized spacial score (nSPS) is 11.0. The molecular formula is C17H21N3O3S. The van der Waals surface area contributed by atoms with Crippen LogP contribution in [0.15, 0.2) is 36.4 Å². The first-order chi connectivity index (χ1) is 11.3. The Kier molecular flexibility index (Phi) is 5.58. The zero-order valence-corrected chi connectivity index (χ0v) is 14.7. The standard InChI is InChI=1S/C17H21N3O3S/c1-17(2,3)23-16(22)20-13-7-5-4-6-12(13)19-15(21)14-9-8-11(10-18)24-14/h4-9H,10,18H2,1-3H3,(H,19,21)(H,20,22). The van der Waals surface area contributed by atoms with Gasteiger partial charge in [0.2, 0.25) is 0 Å². The lowest BCUT2D eigenvalue weighted by molar-refractivity contribution is 0.0635. The van der Waals surface area contributed by atoms with E-state index in [2.05, 4.69) is 10.6 Å². The smallest absolute Gasteiger partial charge is 0.412 e. The number of nitrogens with one attached hydrogen (secondary N) is 2. The molecule has 7 heteroatoms. The summed E-state index contributed by atoms with van der Waals surface area (Å²) in [5.74, 6) is -0.252. The summed E-state index contributed by atoms with van der Waals surface area (Å²) in [5, 5.41) is 5.44. The van der Waals surface area contributed by atoms with Crippen molar-refractivity contribution < 1.29 is 14.3 Å². The fourth-order valence-corrected chi connectivity index (χ4v) is 2.69. The number of ether oxygens (including phenoxy) is 1. The van der Waals surface area contributed by atoms with Gasteiger partial charge in [0.25, 0.3) is 5.91 Å². The predicted octanol–water partition coefficient (Wildman–Crippen LogP) is 3.81. The molecule has 0 atom stereocenters. The molecule has 0 bridgehead atoms. The first-order valence-electron chi connectivity index (χ1n) is 7.47. The molecule has 2 amide bonds. The van der Waals surface area contributed by atoms with E-state index in [-0.39, 0.29) is 5.91 Å². The fourth-order valence-electron chi connectivity index (χ4n) is 1.91. The van der Waals surface area contributed by atoms with Crippen molar-refractivity contribution in [3.63, 3.8) is 0 Å². The average molecular weight is 347 g/mol. The highest BCUT2D eigenvalue weighted by molar-refractivity contribution is 7.14. The molecule has 0 saturated carbocycles. The third-order valence-electron chi connectivity index (χ3n) is 2.90. The number of para-hydroxylation sites is 2. The number of benzene rings is 1. The van der Waals surface area contributed by atoms with Crippen LogP contribution in [0.1, 0.15) is 35.3 Å². The minimum absolute atomic E-state index is 0.252. The largest absolute Gasteiger partial charge is 0.444 e. The Morgan fingerprint density at radius 3 is 2.25 bits per heavy atom. The third-order valence-corrected chi connectivity index (χ3v) is 4.00. The van der Waals surface area contributed by atoms with Gasteiger partial charge in [0.15, 0.2) is 0 Å². The van der Waals surface area contributed by atoms with Crippen LogP contribution in [0.3, 0.4) is 0 Å². The van der Waals surface area contributed by atoms with Gasteiger partial charge in [0.05, 0.1) is 16.3 Å². The molecule has 0 spiro atoms. The molecule has 0 fully saturated rings. The maximum absolute atomic E-state index is 12.3. The van der Waals surface area contributed by atoms with Gasteiger partial charge in [-0.2, -0.15) is 0 Å². The van der Waals surface area contributed by atoms with Crippen LogP contribution in [0.25, 0.3) is 0 Å². The zero-order valence-electron chi connectivity index (χ0n) is 13.9. The van der Waals surface area contributed by atoms with Gasteiger partial charge >= 0.3 is 6.09 Å². The summed E-state index contributed by atoms with van der Waals surface area (Å²) in [7, 11) is 0. The number of anilines is 2. The third kappa shape index (κ3) is 5.07. The molecule has 0 saturated heterocycles. The molecule has 24 heavy (non-hydrogen) atoms. The highest BCUT2D eigenvalue weighted by atomic mass is 32.1. The average Bonchev–Trinajstić information content (AvgIpc) is 2.96. The molecule has 1 aromatic heterocycles. The molecule has 0 unspecified atom stereocenters. The van der Waals surface area contributed by atoms with Crippen LogP contribution in [0.4, 0.5) is 16.2 Å². The van der Waals surface area contributed by atoms with Crippen LogP contribution >= 0.6 is 11.3 Å². The first kappa shape index (κ1) is 18.0. The van der Waals surface area contributed by atoms with Crippen molar-refractivity contribution in [1.82, 2.24) is 0 Å². The topological polar surface area (TPSA) is 93.5 Å². The zero-order chi connectivity index (χ0) is 17.7. The SMILES string of the molecule is CC(C)(C)OC(=O)Nc1ccccc1NC(=O)c1ccc(CN)s1. The quantitative estimate of drug-likeness (QED) is 0.784. The minimum Gasteiger partial charge on any atom is -0.444 e. The molecule has 2 aromatic rings. The van der Waals surface area contributed by atoms with Crippen molar-refractivity contribution in [2.45, 2.75) is 32.9 Å². The van der Waals surface area contributed by atoms with E-state index < -0.39 is 11.7 Å². The van der Waals surface area contributed by atoms with E-state index in [1.165, 1.54) is 11.3 Å². The number of hydrogen-bond acceptors (Lipinski definition) is 5. The van der Waals surface area contributed by atoms with Crippen LogP contribution < -0.4 is 16.4 Å². The Labute approximate surface area is 145 Å². The van der Waals surface area contributed by atoms with Crippen molar-refractivity contribution in [3.8, 4) is 0 Å². The molecule has 1 aromatic carbocycles. The molecule has 2 rings (SSSR count). The number of amides is 2. The van der Waals surface area contributed by atoms with E-state index in [1.54, 1.807) is 51.1 Å². The van der Waals surface area contributed by atoms with Gasteiger partial charge in [-0.15, -0.1) is 11.3 Å². The summed E-state index contributed by atoms with van der Waals surface area (Å²) in [6.07, 6.45) is -0.578. The number of nitrogens with two attached hydrogens (primary N) is 1. The van der Waals surface area contributed by atoms with E-state index in [9.17, 15) is 9.59 Å². The Balaban J connectivity index is 2.11. The summed E-state index contributed by atoms with van der Waals surface area (Å²) in [6, 6.07) is 10.5. The van der Waals surface area contributed by atoms with Crippen LogP contribution in [0.5, 0.6) is 0 Å². The molecule has 1 heterocycles. The van der Waals surface area contributed by atoms with Crippen molar-refractivity contribution in [1.29, 1.82) is 0 Å².